The molecular formula is C16H17ClN2O. The lowest BCUT2D eigenvalue weighted by molar-refractivity contribution is -0.114. The van der Waals surface area contributed by atoms with Crippen molar-refractivity contribution in [3.63, 3.8) is 0 Å². The van der Waals surface area contributed by atoms with E-state index in [1.807, 2.05) is 44.2 Å². The summed E-state index contributed by atoms with van der Waals surface area (Å²) in [6, 6.07) is 13.1. The van der Waals surface area contributed by atoms with Gasteiger partial charge in [-0.05, 0) is 49.2 Å². The van der Waals surface area contributed by atoms with Crippen LogP contribution in [0.1, 0.15) is 11.1 Å². The minimum Gasteiger partial charge on any atom is -0.376 e. The summed E-state index contributed by atoms with van der Waals surface area (Å²) in [7, 11) is 0. The topological polar surface area (TPSA) is 41.1 Å². The number of amides is 1. The molecule has 2 rings (SSSR count). The number of halogens is 1. The monoisotopic (exact) mass is 288 g/mol. The largest absolute Gasteiger partial charge is 0.376 e. The molecule has 2 aromatic rings. The SMILES string of the molecule is Cc1cccc(NC(=O)CNc2cccc(Cl)c2)c1C. The maximum Gasteiger partial charge on any atom is 0.243 e. The van der Waals surface area contributed by atoms with Crippen LogP contribution in [0, 0.1) is 13.8 Å². The minimum atomic E-state index is -0.0846. The van der Waals surface area contributed by atoms with Gasteiger partial charge in [-0.25, -0.2) is 0 Å². The highest BCUT2D eigenvalue weighted by Gasteiger charge is 2.05. The molecule has 0 saturated heterocycles. The van der Waals surface area contributed by atoms with Crippen LogP contribution in [0.2, 0.25) is 5.02 Å². The van der Waals surface area contributed by atoms with Crippen molar-refractivity contribution >= 4 is 28.9 Å². The van der Waals surface area contributed by atoms with Gasteiger partial charge in [0.05, 0.1) is 6.54 Å². The van der Waals surface area contributed by atoms with Crippen molar-refractivity contribution in [3.8, 4) is 0 Å². The fourth-order valence-corrected chi connectivity index (χ4v) is 2.05. The number of anilines is 2. The van der Waals surface area contributed by atoms with Crippen molar-refractivity contribution < 1.29 is 4.79 Å². The van der Waals surface area contributed by atoms with Gasteiger partial charge in [0.15, 0.2) is 0 Å². The second kappa shape index (κ2) is 6.44. The Morgan fingerprint density at radius 3 is 2.65 bits per heavy atom. The first-order chi connectivity index (χ1) is 9.56. The van der Waals surface area contributed by atoms with Crippen LogP contribution in [0.15, 0.2) is 42.5 Å². The average molecular weight is 289 g/mol. The molecule has 3 nitrogen and oxygen atoms in total. The fourth-order valence-electron chi connectivity index (χ4n) is 1.86. The van der Waals surface area contributed by atoms with Crippen molar-refractivity contribution in [2.45, 2.75) is 13.8 Å². The van der Waals surface area contributed by atoms with Crippen LogP contribution in [0.5, 0.6) is 0 Å². The number of aryl methyl sites for hydroxylation is 1. The molecule has 0 aliphatic carbocycles. The van der Waals surface area contributed by atoms with E-state index in [4.69, 9.17) is 11.6 Å². The minimum absolute atomic E-state index is 0.0846. The lowest BCUT2D eigenvalue weighted by Crippen LogP contribution is -2.22. The van der Waals surface area contributed by atoms with E-state index in [1.165, 1.54) is 0 Å². The van der Waals surface area contributed by atoms with E-state index >= 15 is 0 Å². The summed E-state index contributed by atoms with van der Waals surface area (Å²) in [6.45, 7) is 4.22. The quantitative estimate of drug-likeness (QED) is 0.892. The van der Waals surface area contributed by atoms with Crippen LogP contribution >= 0.6 is 11.6 Å². The Balaban J connectivity index is 1.94. The van der Waals surface area contributed by atoms with E-state index in [2.05, 4.69) is 10.6 Å². The molecule has 2 N–H and O–H groups in total. The molecule has 0 atom stereocenters. The molecule has 1 amide bonds. The molecule has 0 aromatic heterocycles. The molecule has 0 spiro atoms. The van der Waals surface area contributed by atoms with Crippen molar-refractivity contribution in [1.29, 1.82) is 0 Å². The molecule has 0 bridgehead atoms. The second-order valence-corrected chi connectivity index (χ2v) is 5.10. The molecule has 0 heterocycles. The third-order valence-electron chi connectivity index (χ3n) is 3.16. The zero-order chi connectivity index (χ0) is 14.5. The number of carbonyl (C=O) groups excluding carboxylic acids is 1. The zero-order valence-electron chi connectivity index (χ0n) is 11.5. The Bertz CT molecular complexity index is 626. The Kier molecular flexibility index (Phi) is 4.64. The van der Waals surface area contributed by atoms with Gasteiger partial charge >= 0.3 is 0 Å². The summed E-state index contributed by atoms with van der Waals surface area (Å²) in [6.07, 6.45) is 0. The lowest BCUT2D eigenvalue weighted by Gasteiger charge is -2.11. The molecule has 0 unspecified atom stereocenters. The summed E-state index contributed by atoms with van der Waals surface area (Å²) in [5, 5.41) is 6.59. The van der Waals surface area contributed by atoms with E-state index in [0.29, 0.717) is 5.02 Å². The summed E-state index contributed by atoms with van der Waals surface area (Å²) >= 11 is 5.89. The number of benzene rings is 2. The van der Waals surface area contributed by atoms with Crippen LogP contribution in [0.4, 0.5) is 11.4 Å². The summed E-state index contributed by atoms with van der Waals surface area (Å²) in [5.74, 6) is -0.0846. The molecule has 0 fully saturated rings. The van der Waals surface area contributed by atoms with Gasteiger partial charge in [-0.3, -0.25) is 4.79 Å². The third-order valence-corrected chi connectivity index (χ3v) is 3.39. The Morgan fingerprint density at radius 1 is 1.15 bits per heavy atom. The molecule has 0 aliphatic rings. The van der Waals surface area contributed by atoms with Gasteiger partial charge in [0.1, 0.15) is 0 Å². The summed E-state index contributed by atoms with van der Waals surface area (Å²) in [4.78, 5) is 11.9. The van der Waals surface area contributed by atoms with Crippen LogP contribution in [0.25, 0.3) is 0 Å². The average Bonchev–Trinajstić information content (AvgIpc) is 2.42. The summed E-state index contributed by atoms with van der Waals surface area (Å²) < 4.78 is 0. The van der Waals surface area contributed by atoms with Gasteiger partial charge in [0.2, 0.25) is 5.91 Å². The highest BCUT2D eigenvalue weighted by atomic mass is 35.5. The number of nitrogens with one attached hydrogen (secondary N) is 2. The van der Waals surface area contributed by atoms with Crippen LogP contribution in [-0.2, 0) is 4.79 Å². The lowest BCUT2D eigenvalue weighted by atomic mass is 10.1. The molecule has 4 heteroatoms. The van der Waals surface area contributed by atoms with Gasteiger partial charge in [0, 0.05) is 16.4 Å². The van der Waals surface area contributed by atoms with Crippen molar-refractivity contribution in [2.75, 3.05) is 17.2 Å². The normalized spacial score (nSPS) is 10.2. The molecule has 20 heavy (non-hydrogen) atoms. The highest BCUT2D eigenvalue weighted by molar-refractivity contribution is 6.30. The van der Waals surface area contributed by atoms with Crippen LogP contribution in [0.3, 0.4) is 0 Å². The Hall–Kier alpha value is -2.00. The van der Waals surface area contributed by atoms with E-state index < -0.39 is 0 Å². The van der Waals surface area contributed by atoms with Crippen LogP contribution < -0.4 is 10.6 Å². The molecule has 0 saturated carbocycles. The molecule has 104 valence electrons. The Labute approximate surface area is 124 Å². The third kappa shape index (κ3) is 3.75. The van der Waals surface area contributed by atoms with Crippen LogP contribution in [-0.4, -0.2) is 12.5 Å². The first-order valence-electron chi connectivity index (χ1n) is 6.42. The fraction of sp³-hybridized carbons (Fsp3) is 0.188. The maximum absolute atomic E-state index is 11.9. The van der Waals surface area contributed by atoms with Crippen molar-refractivity contribution in [1.82, 2.24) is 0 Å². The second-order valence-electron chi connectivity index (χ2n) is 4.66. The summed E-state index contributed by atoms with van der Waals surface area (Å²) in [5.41, 5.74) is 3.92. The van der Waals surface area contributed by atoms with Gasteiger partial charge in [-0.2, -0.15) is 0 Å². The highest BCUT2D eigenvalue weighted by Crippen LogP contribution is 2.18. The standard InChI is InChI=1S/C16H17ClN2O/c1-11-5-3-8-15(12(11)2)19-16(20)10-18-14-7-4-6-13(17)9-14/h3-9,18H,10H2,1-2H3,(H,19,20). The molecule has 2 aromatic carbocycles. The van der Waals surface area contributed by atoms with E-state index in [9.17, 15) is 4.79 Å². The number of hydrogen-bond acceptors (Lipinski definition) is 2. The van der Waals surface area contributed by atoms with Gasteiger partial charge in [-0.15, -0.1) is 0 Å². The van der Waals surface area contributed by atoms with Gasteiger partial charge < -0.3 is 10.6 Å². The van der Waals surface area contributed by atoms with E-state index in [1.54, 1.807) is 12.1 Å². The predicted molar refractivity (Wildman–Crippen MR) is 84.5 cm³/mol. The van der Waals surface area contributed by atoms with E-state index in [0.717, 1.165) is 22.5 Å². The van der Waals surface area contributed by atoms with E-state index in [-0.39, 0.29) is 12.5 Å². The Morgan fingerprint density at radius 2 is 1.90 bits per heavy atom. The molecular weight excluding hydrogens is 272 g/mol. The maximum atomic E-state index is 11.9. The smallest absolute Gasteiger partial charge is 0.243 e. The van der Waals surface area contributed by atoms with Gasteiger partial charge in [-0.1, -0.05) is 29.8 Å². The van der Waals surface area contributed by atoms with Crippen molar-refractivity contribution in [2.24, 2.45) is 0 Å². The van der Waals surface area contributed by atoms with Crippen molar-refractivity contribution in [3.05, 3.63) is 58.6 Å². The number of rotatable bonds is 4. The number of hydrogen-bond donors (Lipinski definition) is 2. The van der Waals surface area contributed by atoms with Gasteiger partial charge in [0.25, 0.3) is 0 Å². The predicted octanol–water partition coefficient (Wildman–Crippen LogP) is 4.01. The number of carbonyl (C=O) groups is 1. The first kappa shape index (κ1) is 14.4. The zero-order valence-corrected chi connectivity index (χ0v) is 12.3. The molecule has 0 aliphatic heterocycles. The first-order valence-corrected chi connectivity index (χ1v) is 6.79. The molecule has 0 radical (unpaired) electrons.